The molecule has 0 atom stereocenters. The summed E-state index contributed by atoms with van der Waals surface area (Å²) in [5, 5.41) is 4.24. The lowest BCUT2D eigenvalue weighted by Crippen LogP contribution is -2.10. The quantitative estimate of drug-likeness (QED) is 0.110. The van der Waals surface area contributed by atoms with Crippen LogP contribution in [0.15, 0.2) is 42.5 Å². The van der Waals surface area contributed by atoms with Gasteiger partial charge in [-0.1, -0.05) is 43.3 Å². The Balaban J connectivity index is 1.66. The van der Waals surface area contributed by atoms with Crippen molar-refractivity contribution < 1.29 is 28.4 Å². The van der Waals surface area contributed by atoms with Crippen LogP contribution in [0.3, 0.4) is 0 Å². The van der Waals surface area contributed by atoms with Crippen molar-refractivity contribution in [1.82, 2.24) is 0 Å². The van der Waals surface area contributed by atoms with Crippen molar-refractivity contribution in [3.05, 3.63) is 48.0 Å². The number of unbranched alkanes of at least 4 members (excludes halogenated alkanes) is 2. The van der Waals surface area contributed by atoms with Gasteiger partial charge in [-0.15, -0.1) is 0 Å². The molecule has 6 heteroatoms. The Bertz CT molecular complexity index is 1070. The van der Waals surface area contributed by atoms with Crippen LogP contribution in [0.2, 0.25) is 0 Å². The molecule has 0 aromatic heterocycles. The number of ether oxygens (including phenoxy) is 6. The summed E-state index contributed by atoms with van der Waals surface area (Å²) in [6.07, 6.45) is 4.98. The van der Waals surface area contributed by atoms with Gasteiger partial charge >= 0.3 is 0 Å². The van der Waals surface area contributed by atoms with Crippen molar-refractivity contribution >= 4 is 21.5 Å². The number of rotatable bonds is 21. The maximum Gasteiger partial charge on any atom is 0.135 e. The maximum absolute atomic E-state index is 6.39. The van der Waals surface area contributed by atoms with Crippen LogP contribution in [0.1, 0.15) is 52.0 Å². The van der Waals surface area contributed by atoms with E-state index in [1.54, 1.807) is 0 Å². The number of benzene rings is 3. The average Bonchev–Trinajstić information content (AvgIpc) is 2.95. The van der Waals surface area contributed by atoms with Gasteiger partial charge in [0.2, 0.25) is 0 Å². The summed E-state index contributed by atoms with van der Waals surface area (Å²) in [5.74, 6) is 1.78. The molecule has 3 aromatic carbocycles. The standard InChI is InChI=1S/C32H46O6/c1-4-26-15-16-29-30(25-26)32(38-24-22-36-20-12-10-18-34-6-3)28-14-8-7-13-27(28)31(29)37-23-21-35-19-11-9-17-33-5-2/h7-8,13-16,25H,4-6,9-12,17-24H2,1-3H3. The van der Waals surface area contributed by atoms with Gasteiger partial charge in [0.25, 0.3) is 0 Å². The molecule has 0 fully saturated rings. The lowest BCUT2D eigenvalue weighted by atomic mass is 9.98. The molecule has 3 rings (SSSR count). The van der Waals surface area contributed by atoms with Crippen molar-refractivity contribution in [2.75, 3.05) is 66.1 Å². The van der Waals surface area contributed by atoms with Gasteiger partial charge in [0.05, 0.1) is 13.2 Å². The fraction of sp³-hybridized carbons (Fsp3) is 0.562. The smallest absolute Gasteiger partial charge is 0.135 e. The van der Waals surface area contributed by atoms with E-state index in [4.69, 9.17) is 28.4 Å². The van der Waals surface area contributed by atoms with Gasteiger partial charge < -0.3 is 28.4 Å². The highest BCUT2D eigenvalue weighted by atomic mass is 16.5. The zero-order valence-corrected chi connectivity index (χ0v) is 23.6. The van der Waals surface area contributed by atoms with E-state index >= 15 is 0 Å². The Hall–Kier alpha value is -2.38. The number of hydrogen-bond acceptors (Lipinski definition) is 6. The van der Waals surface area contributed by atoms with Gasteiger partial charge in [0, 0.05) is 61.2 Å². The molecule has 0 aliphatic heterocycles. The van der Waals surface area contributed by atoms with Gasteiger partial charge in [0.1, 0.15) is 24.7 Å². The molecule has 0 bridgehead atoms. The lowest BCUT2D eigenvalue weighted by molar-refractivity contribution is 0.0872. The zero-order chi connectivity index (χ0) is 26.8. The molecule has 0 amide bonds. The molecule has 0 N–H and O–H groups in total. The summed E-state index contributed by atoms with van der Waals surface area (Å²) in [6, 6.07) is 14.9. The summed E-state index contributed by atoms with van der Waals surface area (Å²) in [4.78, 5) is 0. The highest BCUT2D eigenvalue weighted by Crippen LogP contribution is 2.43. The second-order valence-corrected chi connectivity index (χ2v) is 9.17. The van der Waals surface area contributed by atoms with Crippen molar-refractivity contribution in [2.24, 2.45) is 0 Å². The maximum atomic E-state index is 6.39. The first kappa shape index (κ1) is 30.2. The van der Waals surface area contributed by atoms with Crippen molar-refractivity contribution in [3.8, 4) is 11.5 Å². The minimum atomic E-state index is 0.497. The van der Waals surface area contributed by atoms with E-state index in [9.17, 15) is 0 Å². The van der Waals surface area contributed by atoms with Crippen LogP contribution in [0.25, 0.3) is 21.5 Å². The van der Waals surface area contributed by atoms with Crippen LogP contribution in [-0.2, 0) is 25.4 Å². The molecule has 3 aromatic rings. The number of aryl methyl sites for hydroxylation is 1. The van der Waals surface area contributed by atoms with E-state index in [1.165, 1.54) is 5.56 Å². The van der Waals surface area contributed by atoms with Gasteiger partial charge in [-0.25, -0.2) is 0 Å². The summed E-state index contributed by atoms with van der Waals surface area (Å²) in [6.45, 7) is 12.9. The van der Waals surface area contributed by atoms with Crippen LogP contribution in [0.5, 0.6) is 11.5 Å². The molecule has 0 aliphatic carbocycles. The first-order chi connectivity index (χ1) is 18.8. The van der Waals surface area contributed by atoms with E-state index in [0.717, 1.165) is 105 Å². The normalized spacial score (nSPS) is 11.4. The number of hydrogen-bond donors (Lipinski definition) is 0. The molecule has 210 valence electrons. The second kappa shape index (κ2) is 18.0. The summed E-state index contributed by atoms with van der Waals surface area (Å²) in [7, 11) is 0. The molecule has 0 saturated carbocycles. The Morgan fingerprint density at radius 3 is 1.45 bits per heavy atom. The minimum Gasteiger partial charge on any atom is -0.490 e. The largest absolute Gasteiger partial charge is 0.490 e. The predicted molar refractivity (Wildman–Crippen MR) is 155 cm³/mol. The van der Waals surface area contributed by atoms with Crippen LogP contribution in [0.4, 0.5) is 0 Å². The Morgan fingerprint density at radius 2 is 0.947 bits per heavy atom. The van der Waals surface area contributed by atoms with E-state index in [-0.39, 0.29) is 0 Å². The molecular formula is C32H46O6. The lowest BCUT2D eigenvalue weighted by Gasteiger charge is -2.18. The molecular weight excluding hydrogens is 480 g/mol. The van der Waals surface area contributed by atoms with E-state index in [0.29, 0.717) is 26.4 Å². The van der Waals surface area contributed by atoms with Crippen molar-refractivity contribution in [1.29, 1.82) is 0 Å². The third-order valence-electron chi connectivity index (χ3n) is 6.41. The molecule has 0 spiro atoms. The summed E-state index contributed by atoms with van der Waals surface area (Å²) in [5.41, 5.74) is 1.27. The van der Waals surface area contributed by atoms with Gasteiger partial charge in [-0.2, -0.15) is 0 Å². The molecule has 38 heavy (non-hydrogen) atoms. The molecule has 0 saturated heterocycles. The molecule has 6 nitrogen and oxygen atoms in total. The molecule has 0 aliphatic rings. The Morgan fingerprint density at radius 1 is 0.474 bits per heavy atom. The summed E-state index contributed by atoms with van der Waals surface area (Å²) < 4.78 is 35.1. The third kappa shape index (κ3) is 9.42. The van der Waals surface area contributed by atoms with Crippen LogP contribution >= 0.6 is 0 Å². The third-order valence-corrected chi connectivity index (χ3v) is 6.41. The van der Waals surface area contributed by atoms with Gasteiger partial charge in [0.15, 0.2) is 0 Å². The average molecular weight is 527 g/mol. The fourth-order valence-corrected chi connectivity index (χ4v) is 4.39. The van der Waals surface area contributed by atoms with Crippen LogP contribution in [0, 0.1) is 0 Å². The number of fused-ring (bicyclic) bond motifs is 2. The summed E-state index contributed by atoms with van der Waals surface area (Å²) >= 11 is 0. The topological polar surface area (TPSA) is 55.4 Å². The van der Waals surface area contributed by atoms with E-state index in [1.807, 2.05) is 19.9 Å². The zero-order valence-electron chi connectivity index (χ0n) is 23.6. The van der Waals surface area contributed by atoms with E-state index in [2.05, 4.69) is 43.3 Å². The monoisotopic (exact) mass is 526 g/mol. The van der Waals surface area contributed by atoms with Crippen molar-refractivity contribution in [2.45, 2.75) is 52.9 Å². The van der Waals surface area contributed by atoms with Crippen molar-refractivity contribution in [3.63, 3.8) is 0 Å². The molecule has 0 heterocycles. The highest BCUT2D eigenvalue weighted by molar-refractivity contribution is 6.11. The SMILES string of the molecule is CCOCCCCOCCOc1c2ccccc2c(OCCOCCCCOCC)c2cc(CC)ccc12. The molecule has 0 radical (unpaired) electrons. The Kier molecular flexibility index (Phi) is 14.3. The first-order valence-corrected chi connectivity index (χ1v) is 14.3. The van der Waals surface area contributed by atoms with Gasteiger partial charge in [-0.05, 0) is 57.6 Å². The van der Waals surface area contributed by atoms with Crippen LogP contribution < -0.4 is 9.47 Å². The predicted octanol–water partition coefficient (Wildman–Crippen LogP) is 6.98. The minimum absolute atomic E-state index is 0.497. The van der Waals surface area contributed by atoms with Gasteiger partial charge in [-0.3, -0.25) is 0 Å². The Labute approximate surface area is 228 Å². The first-order valence-electron chi connectivity index (χ1n) is 14.3. The fourth-order valence-electron chi connectivity index (χ4n) is 4.39. The van der Waals surface area contributed by atoms with E-state index < -0.39 is 0 Å². The molecule has 0 unspecified atom stereocenters. The highest BCUT2D eigenvalue weighted by Gasteiger charge is 2.16. The van der Waals surface area contributed by atoms with Crippen LogP contribution in [-0.4, -0.2) is 66.1 Å². The second-order valence-electron chi connectivity index (χ2n) is 9.17.